The molecule has 0 radical (unpaired) electrons. The SMILES string of the molecule is COC(=O)N1CCC[C@@H](NS(C)(=O)=O)[C@H]1Cc1cccc(-c2cccc(C(F)(F)F)c2)c1. The Morgan fingerprint density at radius 1 is 1.16 bits per heavy atom. The number of nitrogens with zero attached hydrogens (tertiary/aromatic N) is 1. The molecule has 2 aromatic carbocycles. The van der Waals surface area contributed by atoms with Gasteiger partial charge in [-0.05, 0) is 48.1 Å². The molecule has 1 aliphatic heterocycles. The topological polar surface area (TPSA) is 75.7 Å². The van der Waals surface area contributed by atoms with Crippen LogP contribution in [0.2, 0.25) is 0 Å². The lowest BCUT2D eigenvalue weighted by molar-refractivity contribution is -0.137. The molecule has 174 valence electrons. The van der Waals surface area contributed by atoms with Crippen molar-refractivity contribution in [1.82, 2.24) is 9.62 Å². The zero-order valence-corrected chi connectivity index (χ0v) is 18.5. The van der Waals surface area contributed by atoms with E-state index in [1.165, 1.54) is 18.1 Å². The lowest BCUT2D eigenvalue weighted by Gasteiger charge is -2.40. The third-order valence-corrected chi connectivity index (χ3v) is 6.18. The van der Waals surface area contributed by atoms with Crippen molar-refractivity contribution in [2.24, 2.45) is 0 Å². The molecule has 0 bridgehead atoms. The summed E-state index contributed by atoms with van der Waals surface area (Å²) in [6.45, 7) is 0.423. The van der Waals surface area contributed by atoms with E-state index in [2.05, 4.69) is 4.72 Å². The van der Waals surface area contributed by atoms with Crippen molar-refractivity contribution in [2.75, 3.05) is 19.9 Å². The van der Waals surface area contributed by atoms with Crippen molar-refractivity contribution in [3.8, 4) is 11.1 Å². The van der Waals surface area contributed by atoms with Crippen LogP contribution in [0.25, 0.3) is 11.1 Å². The summed E-state index contributed by atoms with van der Waals surface area (Å²) in [6.07, 6.45) is -2.45. The molecular weight excluding hydrogens is 445 g/mol. The third kappa shape index (κ3) is 6.01. The smallest absolute Gasteiger partial charge is 0.416 e. The normalized spacial score (nSPS) is 19.6. The van der Waals surface area contributed by atoms with Gasteiger partial charge in [-0.15, -0.1) is 0 Å². The number of hydrogen-bond acceptors (Lipinski definition) is 4. The Labute approximate surface area is 185 Å². The maximum Gasteiger partial charge on any atom is 0.416 e. The van der Waals surface area contributed by atoms with Crippen LogP contribution in [0.15, 0.2) is 48.5 Å². The molecule has 0 aliphatic carbocycles. The van der Waals surface area contributed by atoms with Crippen molar-refractivity contribution >= 4 is 16.1 Å². The highest BCUT2D eigenvalue weighted by Crippen LogP contribution is 2.32. The van der Waals surface area contributed by atoms with Crippen LogP contribution in [-0.2, 0) is 27.4 Å². The Balaban J connectivity index is 1.92. The summed E-state index contributed by atoms with van der Waals surface area (Å²) in [5.74, 6) is 0. The summed E-state index contributed by atoms with van der Waals surface area (Å²) in [5.41, 5.74) is 1.05. The maximum absolute atomic E-state index is 13.1. The second-order valence-electron chi connectivity index (χ2n) is 7.85. The van der Waals surface area contributed by atoms with Crippen molar-refractivity contribution < 1.29 is 31.1 Å². The highest BCUT2D eigenvalue weighted by Gasteiger charge is 2.36. The molecule has 1 saturated heterocycles. The fourth-order valence-corrected chi connectivity index (χ4v) is 4.89. The number of alkyl halides is 3. The highest BCUT2D eigenvalue weighted by molar-refractivity contribution is 7.88. The van der Waals surface area contributed by atoms with Gasteiger partial charge < -0.3 is 9.64 Å². The van der Waals surface area contributed by atoms with Crippen LogP contribution in [0.5, 0.6) is 0 Å². The number of methoxy groups -OCH3 is 1. The fourth-order valence-electron chi connectivity index (χ4n) is 4.06. The first-order valence-corrected chi connectivity index (χ1v) is 12.0. The van der Waals surface area contributed by atoms with E-state index in [4.69, 9.17) is 4.74 Å². The molecule has 32 heavy (non-hydrogen) atoms. The number of hydrogen-bond donors (Lipinski definition) is 1. The van der Waals surface area contributed by atoms with Gasteiger partial charge in [0.15, 0.2) is 0 Å². The standard InChI is InChI=1S/C22H25F3N2O4S/c1-31-21(28)27-11-5-10-19(26-32(2,29)30)20(27)13-15-6-3-7-16(12-15)17-8-4-9-18(14-17)22(23,24)25/h3-4,6-9,12,14,19-20,26H,5,10-11,13H2,1-2H3/t19-,20-/m1/s1. The number of halogens is 3. The van der Waals surface area contributed by atoms with E-state index in [9.17, 15) is 26.4 Å². The molecule has 1 amide bonds. The zero-order valence-electron chi connectivity index (χ0n) is 17.7. The van der Waals surface area contributed by atoms with Gasteiger partial charge in [-0.2, -0.15) is 13.2 Å². The fraction of sp³-hybridized carbons (Fsp3) is 0.409. The van der Waals surface area contributed by atoms with Crippen LogP contribution in [0.1, 0.15) is 24.0 Å². The average molecular weight is 471 g/mol. The minimum atomic E-state index is -4.44. The van der Waals surface area contributed by atoms with Crippen LogP contribution in [-0.4, -0.2) is 51.4 Å². The van der Waals surface area contributed by atoms with Gasteiger partial charge in [0.05, 0.1) is 25.0 Å². The van der Waals surface area contributed by atoms with Crippen LogP contribution in [0, 0.1) is 0 Å². The van der Waals surface area contributed by atoms with Crippen molar-refractivity contribution in [3.63, 3.8) is 0 Å². The summed E-state index contributed by atoms with van der Waals surface area (Å²) < 4.78 is 70.5. The largest absolute Gasteiger partial charge is 0.453 e. The van der Waals surface area contributed by atoms with Crippen LogP contribution in [0.3, 0.4) is 0 Å². The number of piperidine rings is 1. The molecule has 0 aromatic heterocycles. The Hall–Kier alpha value is -2.59. The Morgan fingerprint density at radius 3 is 2.44 bits per heavy atom. The van der Waals surface area contributed by atoms with Gasteiger partial charge in [0, 0.05) is 12.6 Å². The number of likely N-dealkylation sites (tertiary alicyclic amines) is 1. The Kier molecular flexibility index (Phi) is 7.14. The number of amides is 1. The van der Waals surface area contributed by atoms with Gasteiger partial charge in [0.1, 0.15) is 0 Å². The molecule has 3 rings (SSSR count). The molecule has 1 N–H and O–H groups in total. The van der Waals surface area contributed by atoms with Gasteiger partial charge in [-0.1, -0.05) is 36.4 Å². The first kappa shape index (κ1) is 24.1. The van der Waals surface area contributed by atoms with Crippen LogP contribution < -0.4 is 4.72 Å². The van der Waals surface area contributed by atoms with E-state index >= 15 is 0 Å². The van der Waals surface area contributed by atoms with Gasteiger partial charge in [-0.3, -0.25) is 0 Å². The number of benzene rings is 2. The van der Waals surface area contributed by atoms with Gasteiger partial charge in [-0.25, -0.2) is 17.9 Å². The summed E-state index contributed by atoms with van der Waals surface area (Å²) in [5, 5.41) is 0. The lowest BCUT2D eigenvalue weighted by atomic mass is 9.90. The molecule has 0 unspecified atom stereocenters. The Bertz CT molecular complexity index is 1070. The molecule has 1 heterocycles. The second-order valence-corrected chi connectivity index (χ2v) is 9.63. The number of carbonyl (C=O) groups is 1. The first-order valence-electron chi connectivity index (χ1n) is 10.1. The number of rotatable bonds is 5. The van der Waals surface area contributed by atoms with E-state index in [1.807, 2.05) is 0 Å². The first-order chi connectivity index (χ1) is 15.0. The predicted octanol–water partition coefficient (Wildman–Crippen LogP) is 4.06. The summed E-state index contributed by atoms with van der Waals surface area (Å²) >= 11 is 0. The molecule has 1 aliphatic rings. The zero-order chi connectivity index (χ0) is 23.5. The van der Waals surface area contributed by atoms with Crippen LogP contribution in [0.4, 0.5) is 18.0 Å². The summed E-state index contributed by atoms with van der Waals surface area (Å²) in [7, 11) is -2.24. The third-order valence-electron chi connectivity index (χ3n) is 5.45. The molecule has 1 fully saturated rings. The number of ether oxygens (including phenoxy) is 1. The maximum atomic E-state index is 13.1. The van der Waals surface area contributed by atoms with E-state index in [0.29, 0.717) is 36.9 Å². The van der Waals surface area contributed by atoms with Gasteiger partial charge in [0.25, 0.3) is 0 Å². The lowest BCUT2D eigenvalue weighted by Crippen LogP contribution is -2.57. The molecule has 2 aromatic rings. The van der Waals surface area contributed by atoms with E-state index in [0.717, 1.165) is 24.0 Å². The second kappa shape index (κ2) is 9.50. The molecular formula is C22H25F3N2O4S. The highest BCUT2D eigenvalue weighted by atomic mass is 32.2. The average Bonchev–Trinajstić information content (AvgIpc) is 2.73. The molecule has 10 heteroatoms. The van der Waals surface area contributed by atoms with Crippen LogP contribution >= 0.6 is 0 Å². The minimum Gasteiger partial charge on any atom is -0.453 e. The number of sulfonamides is 1. The molecule has 6 nitrogen and oxygen atoms in total. The van der Waals surface area contributed by atoms with Crippen molar-refractivity contribution in [2.45, 2.75) is 37.5 Å². The van der Waals surface area contributed by atoms with E-state index in [1.54, 1.807) is 30.3 Å². The van der Waals surface area contributed by atoms with E-state index < -0.39 is 39.9 Å². The molecule has 0 spiro atoms. The quantitative estimate of drug-likeness (QED) is 0.715. The molecule has 2 atom stereocenters. The predicted molar refractivity (Wildman–Crippen MR) is 114 cm³/mol. The summed E-state index contributed by atoms with van der Waals surface area (Å²) in [6, 6.07) is 11.1. The van der Waals surface area contributed by atoms with Crippen molar-refractivity contribution in [3.05, 3.63) is 59.7 Å². The Morgan fingerprint density at radius 2 is 1.81 bits per heavy atom. The molecule has 0 saturated carbocycles. The van der Waals surface area contributed by atoms with Crippen molar-refractivity contribution in [1.29, 1.82) is 0 Å². The minimum absolute atomic E-state index is 0.315. The van der Waals surface area contributed by atoms with Gasteiger partial charge in [0.2, 0.25) is 10.0 Å². The number of nitrogens with one attached hydrogen (secondary N) is 1. The monoisotopic (exact) mass is 470 g/mol. The number of carbonyl (C=O) groups excluding carboxylic acids is 1. The summed E-state index contributed by atoms with van der Waals surface area (Å²) in [4.78, 5) is 13.8. The van der Waals surface area contributed by atoms with Gasteiger partial charge >= 0.3 is 12.3 Å². The van der Waals surface area contributed by atoms with E-state index in [-0.39, 0.29) is 0 Å².